The Labute approximate surface area is 110 Å². The maximum atomic E-state index is 12.4. The predicted molar refractivity (Wildman–Crippen MR) is 71.1 cm³/mol. The first-order chi connectivity index (χ1) is 8.57. The van der Waals surface area contributed by atoms with E-state index in [2.05, 4.69) is 12.2 Å². The Kier molecular flexibility index (Phi) is 4.28. The third-order valence-corrected chi connectivity index (χ3v) is 4.55. The van der Waals surface area contributed by atoms with E-state index in [1.165, 1.54) is 6.42 Å². The van der Waals surface area contributed by atoms with Crippen LogP contribution in [0.4, 0.5) is 0 Å². The molecule has 0 spiro atoms. The molecule has 2 fully saturated rings. The Balaban J connectivity index is 1.89. The van der Waals surface area contributed by atoms with Crippen molar-refractivity contribution in [3.63, 3.8) is 0 Å². The van der Waals surface area contributed by atoms with Gasteiger partial charge in [-0.1, -0.05) is 26.2 Å². The molecule has 0 aromatic carbocycles. The molecule has 0 bridgehead atoms. The van der Waals surface area contributed by atoms with Gasteiger partial charge in [0.15, 0.2) is 0 Å². The van der Waals surface area contributed by atoms with Crippen LogP contribution < -0.4 is 11.1 Å². The Bertz CT molecular complexity index is 298. The van der Waals surface area contributed by atoms with Crippen LogP contribution in [0.2, 0.25) is 0 Å². The van der Waals surface area contributed by atoms with Crippen molar-refractivity contribution in [2.45, 2.75) is 70.6 Å². The molecule has 0 heterocycles. The number of nitrogens with one attached hydrogen (secondary N) is 1. The lowest BCUT2D eigenvalue weighted by Gasteiger charge is -2.44. The fourth-order valence-electron chi connectivity index (χ4n) is 3.11. The minimum Gasteiger partial charge on any atom is -0.376 e. The normalized spacial score (nSPS) is 34.7. The smallest absolute Gasteiger partial charge is 0.226 e. The zero-order valence-electron chi connectivity index (χ0n) is 11.6. The van der Waals surface area contributed by atoms with E-state index in [9.17, 15) is 4.79 Å². The number of hydrogen-bond donors (Lipinski definition) is 2. The van der Waals surface area contributed by atoms with Gasteiger partial charge in [0.1, 0.15) is 0 Å². The van der Waals surface area contributed by atoms with Gasteiger partial charge in [-0.25, -0.2) is 0 Å². The molecular weight excluding hydrogens is 228 g/mol. The van der Waals surface area contributed by atoms with Gasteiger partial charge in [-0.2, -0.15) is 0 Å². The molecule has 104 valence electrons. The second-order valence-electron chi connectivity index (χ2n) is 6.01. The highest BCUT2D eigenvalue weighted by Gasteiger charge is 2.43. The summed E-state index contributed by atoms with van der Waals surface area (Å²) in [5, 5.41) is 3.12. The van der Waals surface area contributed by atoms with E-state index in [4.69, 9.17) is 10.5 Å². The van der Waals surface area contributed by atoms with Gasteiger partial charge in [0.25, 0.3) is 0 Å². The summed E-state index contributed by atoms with van der Waals surface area (Å²) >= 11 is 0. The monoisotopic (exact) mass is 254 g/mol. The lowest BCUT2D eigenvalue weighted by molar-refractivity contribution is -0.136. The van der Waals surface area contributed by atoms with Gasteiger partial charge in [-0.3, -0.25) is 4.79 Å². The number of nitrogens with two attached hydrogens (primary N) is 1. The Morgan fingerprint density at radius 3 is 2.61 bits per heavy atom. The van der Waals surface area contributed by atoms with Crippen molar-refractivity contribution in [1.82, 2.24) is 5.32 Å². The quantitative estimate of drug-likeness (QED) is 0.800. The predicted octanol–water partition coefficient (Wildman–Crippen LogP) is 1.58. The fraction of sp³-hybridized carbons (Fsp3) is 0.929. The first-order valence-electron chi connectivity index (χ1n) is 7.25. The van der Waals surface area contributed by atoms with E-state index in [0.29, 0.717) is 6.61 Å². The van der Waals surface area contributed by atoms with Crippen molar-refractivity contribution in [2.24, 2.45) is 11.1 Å². The molecule has 0 saturated heterocycles. The van der Waals surface area contributed by atoms with Gasteiger partial charge in [0, 0.05) is 18.1 Å². The zero-order valence-corrected chi connectivity index (χ0v) is 11.6. The first kappa shape index (κ1) is 13.8. The third kappa shape index (κ3) is 2.69. The van der Waals surface area contributed by atoms with Crippen molar-refractivity contribution in [3.8, 4) is 0 Å². The number of carbonyl (C=O) groups is 1. The maximum Gasteiger partial charge on any atom is 0.226 e. The molecule has 18 heavy (non-hydrogen) atoms. The van der Waals surface area contributed by atoms with Gasteiger partial charge in [-0.05, 0) is 26.2 Å². The summed E-state index contributed by atoms with van der Waals surface area (Å²) < 4.78 is 5.59. The number of hydrogen-bond acceptors (Lipinski definition) is 3. The number of ether oxygens (including phenoxy) is 1. The topological polar surface area (TPSA) is 64.3 Å². The summed E-state index contributed by atoms with van der Waals surface area (Å²) in [6.07, 6.45) is 6.55. The highest BCUT2D eigenvalue weighted by molar-refractivity contribution is 5.82. The van der Waals surface area contributed by atoms with E-state index in [1.54, 1.807) is 0 Å². The summed E-state index contributed by atoms with van der Waals surface area (Å²) in [5.74, 6) is 0.173. The van der Waals surface area contributed by atoms with Crippen molar-refractivity contribution in [2.75, 3.05) is 6.61 Å². The van der Waals surface area contributed by atoms with Crippen LogP contribution in [0.5, 0.6) is 0 Å². The third-order valence-electron chi connectivity index (χ3n) is 4.55. The molecule has 2 aliphatic carbocycles. The molecule has 0 radical (unpaired) electrons. The van der Waals surface area contributed by atoms with Crippen molar-refractivity contribution in [3.05, 3.63) is 0 Å². The summed E-state index contributed by atoms with van der Waals surface area (Å²) in [6.45, 7) is 4.74. The fourth-order valence-corrected chi connectivity index (χ4v) is 3.11. The van der Waals surface area contributed by atoms with Crippen LogP contribution in [0.25, 0.3) is 0 Å². The average molecular weight is 254 g/mol. The van der Waals surface area contributed by atoms with Crippen molar-refractivity contribution < 1.29 is 9.53 Å². The average Bonchev–Trinajstić information content (AvgIpc) is 2.36. The van der Waals surface area contributed by atoms with Gasteiger partial charge < -0.3 is 15.8 Å². The summed E-state index contributed by atoms with van der Waals surface area (Å²) in [6, 6.07) is 0.0638. The lowest BCUT2D eigenvalue weighted by atomic mass is 9.74. The molecule has 2 aliphatic rings. The van der Waals surface area contributed by atoms with Crippen LogP contribution >= 0.6 is 0 Å². The number of carbonyl (C=O) groups excluding carboxylic acids is 1. The van der Waals surface area contributed by atoms with Crippen molar-refractivity contribution in [1.29, 1.82) is 0 Å². The second-order valence-corrected chi connectivity index (χ2v) is 6.01. The van der Waals surface area contributed by atoms with Gasteiger partial charge in [-0.15, -0.1) is 0 Å². The van der Waals surface area contributed by atoms with Crippen LogP contribution in [-0.4, -0.2) is 30.7 Å². The minimum atomic E-state index is -0.190. The van der Waals surface area contributed by atoms with Crippen LogP contribution in [-0.2, 0) is 9.53 Å². The highest BCUT2D eigenvalue weighted by atomic mass is 16.5. The van der Waals surface area contributed by atoms with E-state index in [1.807, 2.05) is 6.92 Å². The highest BCUT2D eigenvalue weighted by Crippen LogP contribution is 2.36. The molecule has 4 heteroatoms. The summed E-state index contributed by atoms with van der Waals surface area (Å²) in [5.41, 5.74) is 5.78. The Morgan fingerprint density at radius 2 is 2.06 bits per heavy atom. The Morgan fingerprint density at radius 1 is 1.39 bits per heavy atom. The summed E-state index contributed by atoms with van der Waals surface area (Å²) in [7, 11) is 0. The molecule has 0 aromatic heterocycles. The van der Waals surface area contributed by atoms with Crippen LogP contribution in [0.3, 0.4) is 0 Å². The molecule has 3 unspecified atom stereocenters. The molecular formula is C14H26N2O2. The van der Waals surface area contributed by atoms with Crippen molar-refractivity contribution >= 4 is 5.91 Å². The summed E-state index contributed by atoms with van der Waals surface area (Å²) in [4.78, 5) is 12.4. The maximum absolute atomic E-state index is 12.4. The van der Waals surface area contributed by atoms with Gasteiger partial charge in [0.05, 0.1) is 12.1 Å². The minimum absolute atomic E-state index is 0.0104. The SMILES string of the molecule is CCOC1CC(N)C1NC(=O)C1(C)CCCCC1. The zero-order chi connectivity index (χ0) is 13.2. The second kappa shape index (κ2) is 5.57. The Hall–Kier alpha value is -0.610. The van der Waals surface area contributed by atoms with Crippen LogP contribution in [0.15, 0.2) is 0 Å². The van der Waals surface area contributed by atoms with E-state index >= 15 is 0 Å². The van der Waals surface area contributed by atoms with Crippen LogP contribution in [0.1, 0.15) is 52.4 Å². The lowest BCUT2D eigenvalue weighted by Crippen LogP contribution is -2.66. The molecule has 1 amide bonds. The largest absolute Gasteiger partial charge is 0.376 e. The van der Waals surface area contributed by atoms with Gasteiger partial charge in [0.2, 0.25) is 5.91 Å². The molecule has 2 saturated carbocycles. The molecule has 3 N–H and O–H groups in total. The first-order valence-corrected chi connectivity index (χ1v) is 7.25. The number of rotatable bonds is 4. The molecule has 0 aromatic rings. The van der Waals surface area contributed by atoms with E-state index in [0.717, 1.165) is 32.1 Å². The van der Waals surface area contributed by atoms with Gasteiger partial charge >= 0.3 is 0 Å². The molecule has 3 atom stereocenters. The standard InChI is InChI=1S/C14H26N2O2/c1-3-18-11-9-10(15)12(11)16-13(17)14(2)7-5-4-6-8-14/h10-12H,3-9,15H2,1-2H3,(H,16,17). The molecule has 2 rings (SSSR count). The molecule has 0 aliphatic heterocycles. The molecule has 4 nitrogen and oxygen atoms in total. The number of amides is 1. The van der Waals surface area contributed by atoms with E-state index < -0.39 is 0 Å². The van der Waals surface area contributed by atoms with E-state index in [-0.39, 0.29) is 29.5 Å². The van der Waals surface area contributed by atoms with Crippen LogP contribution in [0, 0.1) is 5.41 Å².